The maximum absolute atomic E-state index is 11.2. The van der Waals surface area contributed by atoms with Gasteiger partial charge in [0.2, 0.25) is 0 Å². The molecule has 0 aromatic carbocycles. The highest BCUT2D eigenvalue weighted by Crippen LogP contribution is 2.23. The standard InChI is InChI=1S/2C14H20O/c1-11(2)6-4-7-13-8-5-9-14(10-13)12(3)15;1-11(2)5-4-6-13-7-9-14(10-8-13)12(3)15/h6,8-9H,4-5,7,10H2,1-3H3;5,7,10H,4,6,8-9H2,1-3H3. The fourth-order valence-electron chi connectivity index (χ4n) is 3.47. The predicted molar refractivity (Wildman–Crippen MR) is 129 cm³/mol. The normalized spacial score (nSPS) is 15.4. The van der Waals surface area contributed by atoms with Crippen molar-refractivity contribution in [3.8, 4) is 0 Å². The molecule has 164 valence electrons. The van der Waals surface area contributed by atoms with Crippen molar-refractivity contribution in [2.24, 2.45) is 0 Å². The molecule has 0 heterocycles. The molecule has 0 unspecified atom stereocenters. The molecule has 0 aliphatic heterocycles. The SMILES string of the molecule is CC(=O)C1=CCC(CCC=C(C)C)=CC1.CC(=O)C1=CCC=C(CCC=C(C)C)C1. The third-order valence-electron chi connectivity index (χ3n) is 5.35. The van der Waals surface area contributed by atoms with Gasteiger partial charge >= 0.3 is 0 Å². The van der Waals surface area contributed by atoms with Gasteiger partial charge in [0, 0.05) is 0 Å². The summed E-state index contributed by atoms with van der Waals surface area (Å²) in [6.07, 6.45) is 21.2. The van der Waals surface area contributed by atoms with Crippen LogP contribution in [0.2, 0.25) is 0 Å². The molecule has 0 saturated carbocycles. The summed E-state index contributed by atoms with van der Waals surface area (Å²) in [5.41, 5.74) is 7.60. The number of hydrogen-bond acceptors (Lipinski definition) is 2. The third-order valence-corrected chi connectivity index (χ3v) is 5.35. The molecule has 0 N–H and O–H groups in total. The second-order valence-corrected chi connectivity index (χ2v) is 8.76. The Bertz CT molecular complexity index is 786. The molecule has 0 spiro atoms. The van der Waals surface area contributed by atoms with Gasteiger partial charge in [-0.05, 0) is 104 Å². The predicted octanol–water partition coefficient (Wildman–Crippen LogP) is 7.94. The van der Waals surface area contributed by atoms with Crippen LogP contribution in [0.15, 0.2) is 69.9 Å². The van der Waals surface area contributed by atoms with Crippen molar-refractivity contribution in [2.45, 2.75) is 92.9 Å². The maximum Gasteiger partial charge on any atom is 0.155 e. The van der Waals surface area contributed by atoms with Crippen LogP contribution in [0.3, 0.4) is 0 Å². The van der Waals surface area contributed by atoms with Crippen LogP contribution in [0.5, 0.6) is 0 Å². The average molecular weight is 409 g/mol. The monoisotopic (exact) mass is 408 g/mol. The van der Waals surface area contributed by atoms with Crippen molar-refractivity contribution in [3.05, 3.63) is 69.9 Å². The lowest BCUT2D eigenvalue weighted by Gasteiger charge is -2.12. The largest absolute Gasteiger partial charge is 0.295 e. The average Bonchev–Trinajstić information content (AvgIpc) is 2.68. The molecule has 0 aromatic rings. The summed E-state index contributed by atoms with van der Waals surface area (Å²) in [6, 6.07) is 0. The van der Waals surface area contributed by atoms with Crippen molar-refractivity contribution >= 4 is 11.6 Å². The lowest BCUT2D eigenvalue weighted by Crippen LogP contribution is -2.02. The van der Waals surface area contributed by atoms with E-state index in [0.29, 0.717) is 0 Å². The smallest absolute Gasteiger partial charge is 0.155 e. The summed E-state index contributed by atoms with van der Waals surface area (Å²) in [6.45, 7) is 11.8. The maximum atomic E-state index is 11.2. The summed E-state index contributed by atoms with van der Waals surface area (Å²) >= 11 is 0. The van der Waals surface area contributed by atoms with Crippen LogP contribution in [0, 0.1) is 0 Å². The molecule has 0 amide bonds. The molecular formula is C28H40O2. The van der Waals surface area contributed by atoms with Crippen LogP contribution in [0.1, 0.15) is 92.9 Å². The molecule has 0 fully saturated rings. The number of carbonyl (C=O) groups is 2. The Kier molecular flexibility index (Phi) is 12.0. The van der Waals surface area contributed by atoms with E-state index in [2.05, 4.69) is 58.1 Å². The third kappa shape index (κ3) is 11.1. The molecule has 30 heavy (non-hydrogen) atoms. The van der Waals surface area contributed by atoms with E-state index in [0.717, 1.165) is 62.5 Å². The fourth-order valence-corrected chi connectivity index (χ4v) is 3.47. The van der Waals surface area contributed by atoms with Crippen LogP contribution in [-0.2, 0) is 9.59 Å². The number of hydrogen-bond donors (Lipinski definition) is 0. The topological polar surface area (TPSA) is 34.1 Å². The highest BCUT2D eigenvalue weighted by Gasteiger charge is 2.10. The lowest BCUT2D eigenvalue weighted by atomic mass is 9.93. The van der Waals surface area contributed by atoms with Crippen LogP contribution < -0.4 is 0 Å². The minimum Gasteiger partial charge on any atom is -0.295 e. The Morgan fingerprint density at radius 2 is 1.27 bits per heavy atom. The molecule has 0 saturated heterocycles. The van der Waals surface area contributed by atoms with Crippen molar-refractivity contribution in [2.75, 3.05) is 0 Å². The Morgan fingerprint density at radius 3 is 1.73 bits per heavy atom. The number of rotatable bonds is 8. The zero-order chi connectivity index (χ0) is 22.5. The molecule has 0 atom stereocenters. The first kappa shape index (κ1) is 25.8. The lowest BCUT2D eigenvalue weighted by molar-refractivity contribution is -0.114. The van der Waals surface area contributed by atoms with Gasteiger partial charge in [0.25, 0.3) is 0 Å². The molecule has 2 rings (SSSR count). The second kappa shape index (κ2) is 13.9. The Hall–Kier alpha value is -2.22. The molecular weight excluding hydrogens is 368 g/mol. The molecule has 0 aromatic heterocycles. The Morgan fingerprint density at radius 1 is 0.700 bits per heavy atom. The molecule has 2 aliphatic rings. The van der Waals surface area contributed by atoms with Crippen molar-refractivity contribution < 1.29 is 9.59 Å². The highest BCUT2D eigenvalue weighted by molar-refractivity contribution is 5.94. The van der Waals surface area contributed by atoms with E-state index < -0.39 is 0 Å². The van der Waals surface area contributed by atoms with Gasteiger partial charge in [-0.3, -0.25) is 9.59 Å². The summed E-state index contributed by atoms with van der Waals surface area (Å²) in [4.78, 5) is 22.3. The van der Waals surface area contributed by atoms with E-state index >= 15 is 0 Å². The van der Waals surface area contributed by atoms with Gasteiger partial charge < -0.3 is 0 Å². The minimum atomic E-state index is 0.217. The molecule has 0 radical (unpaired) electrons. The quantitative estimate of drug-likeness (QED) is 0.382. The highest BCUT2D eigenvalue weighted by atomic mass is 16.1. The number of ketones is 2. The van der Waals surface area contributed by atoms with E-state index in [1.165, 1.54) is 22.3 Å². The Balaban J connectivity index is 0.000000300. The van der Waals surface area contributed by atoms with Crippen LogP contribution >= 0.6 is 0 Å². The Labute approximate surface area is 184 Å². The fraction of sp³-hybridized carbons (Fsp3) is 0.500. The first-order valence-corrected chi connectivity index (χ1v) is 11.2. The van der Waals surface area contributed by atoms with Crippen LogP contribution in [0.4, 0.5) is 0 Å². The second-order valence-electron chi connectivity index (χ2n) is 8.76. The zero-order valence-electron chi connectivity index (χ0n) is 19.9. The van der Waals surface area contributed by atoms with Gasteiger partial charge in [0.1, 0.15) is 0 Å². The van der Waals surface area contributed by atoms with Crippen LogP contribution in [-0.4, -0.2) is 11.6 Å². The summed E-state index contributed by atoms with van der Waals surface area (Å²) in [5.74, 6) is 0.442. The van der Waals surface area contributed by atoms with E-state index in [1.54, 1.807) is 13.8 Å². The van der Waals surface area contributed by atoms with Gasteiger partial charge in [-0.15, -0.1) is 0 Å². The number of allylic oxidation sites excluding steroid dienone is 12. The van der Waals surface area contributed by atoms with E-state index in [9.17, 15) is 9.59 Å². The molecule has 0 bridgehead atoms. The van der Waals surface area contributed by atoms with Crippen LogP contribution in [0.25, 0.3) is 0 Å². The van der Waals surface area contributed by atoms with Gasteiger partial charge in [-0.25, -0.2) is 0 Å². The zero-order valence-corrected chi connectivity index (χ0v) is 19.9. The summed E-state index contributed by atoms with van der Waals surface area (Å²) in [5, 5.41) is 0. The first-order chi connectivity index (χ1) is 14.2. The van der Waals surface area contributed by atoms with E-state index in [4.69, 9.17) is 0 Å². The summed E-state index contributed by atoms with van der Waals surface area (Å²) in [7, 11) is 0. The van der Waals surface area contributed by atoms with Gasteiger partial charge in [0.15, 0.2) is 11.6 Å². The van der Waals surface area contributed by atoms with Gasteiger partial charge in [-0.2, -0.15) is 0 Å². The van der Waals surface area contributed by atoms with Crippen molar-refractivity contribution in [1.29, 1.82) is 0 Å². The molecule has 2 heteroatoms. The minimum absolute atomic E-state index is 0.217. The van der Waals surface area contributed by atoms with Gasteiger partial charge in [-0.1, -0.05) is 58.7 Å². The van der Waals surface area contributed by atoms with Crippen molar-refractivity contribution in [1.82, 2.24) is 0 Å². The molecule has 2 aliphatic carbocycles. The molecule has 2 nitrogen and oxygen atoms in total. The van der Waals surface area contributed by atoms with E-state index in [1.807, 2.05) is 6.08 Å². The summed E-state index contributed by atoms with van der Waals surface area (Å²) < 4.78 is 0. The van der Waals surface area contributed by atoms with Crippen molar-refractivity contribution in [3.63, 3.8) is 0 Å². The van der Waals surface area contributed by atoms with E-state index in [-0.39, 0.29) is 11.6 Å². The number of Topliss-reactive ketones (excluding diaryl/α,β-unsaturated/α-hetero) is 2. The number of carbonyl (C=O) groups excluding carboxylic acids is 2. The van der Waals surface area contributed by atoms with Gasteiger partial charge in [0.05, 0.1) is 0 Å². The first-order valence-electron chi connectivity index (χ1n) is 11.2.